The lowest BCUT2D eigenvalue weighted by Crippen LogP contribution is -2.11. The van der Waals surface area contributed by atoms with E-state index >= 15 is 0 Å². The van der Waals surface area contributed by atoms with E-state index in [0.29, 0.717) is 11.3 Å². The second kappa shape index (κ2) is 7.24. The van der Waals surface area contributed by atoms with Crippen molar-refractivity contribution in [1.82, 2.24) is 9.97 Å². The number of nitrogens with one attached hydrogen (secondary N) is 2. The van der Waals surface area contributed by atoms with Gasteiger partial charge in [0.15, 0.2) is 0 Å². The summed E-state index contributed by atoms with van der Waals surface area (Å²) in [6.07, 6.45) is 0. The topological polar surface area (TPSA) is 101 Å². The van der Waals surface area contributed by atoms with Crippen molar-refractivity contribution in [3.63, 3.8) is 0 Å². The van der Waals surface area contributed by atoms with Gasteiger partial charge in [-0.2, -0.15) is 0 Å². The molecule has 28 heavy (non-hydrogen) atoms. The maximum atomic E-state index is 12.3. The number of rotatable bonds is 4. The van der Waals surface area contributed by atoms with E-state index in [1.54, 1.807) is 12.1 Å². The minimum absolute atomic E-state index is 0.0567. The fourth-order valence-electron chi connectivity index (χ4n) is 2.77. The predicted octanol–water partition coefficient (Wildman–Crippen LogP) is 5.15. The maximum absolute atomic E-state index is 12.3. The molecular weight excluding hydrogens is 424 g/mol. The van der Waals surface area contributed by atoms with Crippen molar-refractivity contribution in [3.8, 4) is 11.4 Å². The first-order chi connectivity index (χ1) is 13.5. The van der Waals surface area contributed by atoms with Gasteiger partial charge in [-0.3, -0.25) is 14.9 Å². The number of benzene rings is 3. The molecule has 4 rings (SSSR count). The Hall–Kier alpha value is -3.52. The van der Waals surface area contributed by atoms with Crippen molar-refractivity contribution < 1.29 is 9.72 Å². The summed E-state index contributed by atoms with van der Waals surface area (Å²) in [5.41, 5.74) is 3.59. The summed E-state index contributed by atoms with van der Waals surface area (Å²) in [6, 6.07) is 18.6. The number of aromatic amines is 1. The first-order valence-electron chi connectivity index (χ1n) is 8.31. The van der Waals surface area contributed by atoms with Gasteiger partial charge in [0, 0.05) is 33.4 Å². The van der Waals surface area contributed by atoms with Crippen LogP contribution in [-0.2, 0) is 0 Å². The molecule has 4 aromatic rings. The number of nitrogens with zero attached hydrogens (tertiary/aromatic N) is 2. The van der Waals surface area contributed by atoms with Crippen LogP contribution in [-0.4, -0.2) is 20.8 Å². The van der Waals surface area contributed by atoms with Gasteiger partial charge in [-0.15, -0.1) is 0 Å². The summed E-state index contributed by atoms with van der Waals surface area (Å²) in [5.74, 6) is 0.401. The lowest BCUT2D eigenvalue weighted by atomic mass is 10.1. The van der Waals surface area contributed by atoms with Crippen molar-refractivity contribution in [3.05, 3.63) is 86.9 Å². The number of carbonyl (C=O) groups is 1. The second-order valence-corrected chi connectivity index (χ2v) is 7.00. The average molecular weight is 437 g/mol. The molecule has 138 valence electrons. The van der Waals surface area contributed by atoms with Crippen molar-refractivity contribution in [2.45, 2.75) is 0 Å². The third-order valence-corrected chi connectivity index (χ3v) is 4.69. The van der Waals surface area contributed by atoms with Crippen LogP contribution in [0, 0.1) is 10.1 Å². The molecule has 1 aromatic heterocycles. The molecule has 0 fully saturated rings. The zero-order valence-corrected chi connectivity index (χ0v) is 15.9. The van der Waals surface area contributed by atoms with E-state index in [2.05, 4.69) is 31.2 Å². The Morgan fingerprint density at radius 1 is 1.04 bits per heavy atom. The zero-order valence-electron chi connectivity index (χ0n) is 14.3. The number of anilines is 1. The number of non-ortho nitro benzene ring substituents is 1. The first-order valence-corrected chi connectivity index (χ1v) is 9.10. The van der Waals surface area contributed by atoms with Crippen molar-refractivity contribution in [2.24, 2.45) is 0 Å². The van der Waals surface area contributed by atoms with Crippen molar-refractivity contribution >= 4 is 44.2 Å². The summed E-state index contributed by atoms with van der Waals surface area (Å²) in [4.78, 5) is 30.3. The minimum Gasteiger partial charge on any atom is -0.338 e. The van der Waals surface area contributed by atoms with Gasteiger partial charge in [0.25, 0.3) is 11.6 Å². The van der Waals surface area contributed by atoms with E-state index in [1.165, 1.54) is 24.3 Å². The Morgan fingerprint density at radius 3 is 2.43 bits per heavy atom. The molecule has 0 bridgehead atoms. The summed E-state index contributed by atoms with van der Waals surface area (Å²) in [6.45, 7) is 0. The molecule has 3 aromatic carbocycles. The number of nitro groups is 1. The summed E-state index contributed by atoms with van der Waals surface area (Å²) < 4.78 is 0.972. The number of aromatic nitrogens is 2. The number of amides is 1. The molecular formula is C20H13BrN4O3. The highest BCUT2D eigenvalue weighted by atomic mass is 79.9. The van der Waals surface area contributed by atoms with E-state index in [0.717, 1.165) is 26.9 Å². The molecule has 0 spiro atoms. The molecule has 0 aliphatic rings. The molecule has 0 saturated heterocycles. The number of fused-ring (bicyclic) bond motifs is 1. The van der Waals surface area contributed by atoms with E-state index in [1.807, 2.05) is 30.3 Å². The predicted molar refractivity (Wildman–Crippen MR) is 110 cm³/mol. The normalized spacial score (nSPS) is 10.8. The van der Waals surface area contributed by atoms with E-state index < -0.39 is 4.92 Å². The molecule has 0 aliphatic carbocycles. The Morgan fingerprint density at radius 2 is 1.75 bits per heavy atom. The SMILES string of the molecule is O=C(Nc1ccc(-c2nc3ccc(Br)cc3[nH]2)cc1)c1ccc([N+](=O)[O-])cc1. The summed E-state index contributed by atoms with van der Waals surface area (Å²) in [5, 5.41) is 13.5. The van der Waals surface area contributed by atoms with Crippen LogP contribution < -0.4 is 5.32 Å². The van der Waals surface area contributed by atoms with Crippen LogP contribution in [0.5, 0.6) is 0 Å². The number of halogens is 1. The smallest absolute Gasteiger partial charge is 0.269 e. The standard InChI is InChI=1S/C20H13BrN4O3/c21-14-5-10-17-18(11-14)24-19(23-17)12-1-6-15(7-2-12)22-20(26)13-3-8-16(9-4-13)25(27)28/h1-11H,(H,22,26)(H,23,24). The Bertz CT molecular complexity index is 1180. The van der Waals surface area contributed by atoms with Gasteiger partial charge >= 0.3 is 0 Å². The van der Waals surface area contributed by atoms with E-state index in [9.17, 15) is 14.9 Å². The van der Waals surface area contributed by atoms with Gasteiger partial charge < -0.3 is 10.3 Å². The highest BCUT2D eigenvalue weighted by Gasteiger charge is 2.10. The molecule has 1 amide bonds. The van der Waals surface area contributed by atoms with Crippen LogP contribution in [0.2, 0.25) is 0 Å². The molecule has 0 atom stereocenters. The lowest BCUT2D eigenvalue weighted by Gasteiger charge is -2.06. The van der Waals surface area contributed by atoms with Gasteiger partial charge in [0.1, 0.15) is 5.82 Å². The molecule has 0 saturated carbocycles. The monoisotopic (exact) mass is 436 g/mol. The van der Waals surface area contributed by atoms with Crippen LogP contribution in [0.3, 0.4) is 0 Å². The lowest BCUT2D eigenvalue weighted by molar-refractivity contribution is -0.384. The van der Waals surface area contributed by atoms with Crippen molar-refractivity contribution in [1.29, 1.82) is 0 Å². The zero-order chi connectivity index (χ0) is 19.7. The highest BCUT2D eigenvalue weighted by Crippen LogP contribution is 2.24. The fraction of sp³-hybridized carbons (Fsp3) is 0. The number of nitro benzene ring substituents is 1. The Kier molecular flexibility index (Phi) is 4.62. The van der Waals surface area contributed by atoms with Crippen molar-refractivity contribution in [2.75, 3.05) is 5.32 Å². The molecule has 0 aliphatic heterocycles. The second-order valence-electron chi connectivity index (χ2n) is 6.08. The van der Waals surface area contributed by atoms with Gasteiger partial charge in [0.2, 0.25) is 0 Å². The molecule has 1 heterocycles. The Labute approximate surface area is 167 Å². The van der Waals surface area contributed by atoms with Gasteiger partial charge in [-0.25, -0.2) is 4.98 Å². The van der Waals surface area contributed by atoms with Gasteiger partial charge in [-0.05, 0) is 54.6 Å². The highest BCUT2D eigenvalue weighted by molar-refractivity contribution is 9.10. The van der Waals surface area contributed by atoms with Crippen LogP contribution >= 0.6 is 15.9 Å². The minimum atomic E-state index is -0.503. The maximum Gasteiger partial charge on any atom is 0.269 e. The van der Waals surface area contributed by atoms with Crippen LogP contribution in [0.15, 0.2) is 71.2 Å². The van der Waals surface area contributed by atoms with Crippen LogP contribution in [0.1, 0.15) is 10.4 Å². The third-order valence-electron chi connectivity index (χ3n) is 4.20. The Balaban J connectivity index is 1.50. The number of carbonyl (C=O) groups excluding carboxylic acids is 1. The third kappa shape index (κ3) is 3.63. The van der Waals surface area contributed by atoms with E-state index in [4.69, 9.17) is 0 Å². The van der Waals surface area contributed by atoms with Crippen LogP contribution in [0.4, 0.5) is 11.4 Å². The van der Waals surface area contributed by atoms with Crippen LogP contribution in [0.25, 0.3) is 22.4 Å². The average Bonchev–Trinajstić information content (AvgIpc) is 3.11. The van der Waals surface area contributed by atoms with E-state index in [-0.39, 0.29) is 11.6 Å². The van der Waals surface area contributed by atoms with Gasteiger partial charge in [-0.1, -0.05) is 15.9 Å². The molecule has 0 unspecified atom stereocenters. The van der Waals surface area contributed by atoms with Gasteiger partial charge in [0.05, 0.1) is 16.0 Å². The number of imidazole rings is 1. The first kappa shape index (κ1) is 17.9. The summed E-state index contributed by atoms with van der Waals surface area (Å²) in [7, 11) is 0. The number of hydrogen-bond donors (Lipinski definition) is 2. The largest absolute Gasteiger partial charge is 0.338 e. The molecule has 8 heteroatoms. The molecule has 2 N–H and O–H groups in total. The number of hydrogen-bond acceptors (Lipinski definition) is 4. The summed E-state index contributed by atoms with van der Waals surface area (Å²) >= 11 is 3.44. The quantitative estimate of drug-likeness (QED) is 0.341. The number of H-pyrrole nitrogens is 1. The molecule has 0 radical (unpaired) electrons. The fourth-order valence-corrected chi connectivity index (χ4v) is 3.13. The molecule has 7 nitrogen and oxygen atoms in total.